The molecule has 0 saturated carbocycles. The highest BCUT2D eigenvalue weighted by Crippen LogP contribution is 2.37. The quantitative estimate of drug-likeness (QED) is 0.685. The predicted molar refractivity (Wildman–Crippen MR) is 127 cm³/mol. The summed E-state index contributed by atoms with van der Waals surface area (Å²) in [5.41, 5.74) is 3.66. The zero-order chi connectivity index (χ0) is 22.1. The molecular formula is C25H27N3O3S. The lowest BCUT2D eigenvalue weighted by Gasteiger charge is -2.24. The number of allylic oxidation sites excluding steroid dienone is 1. The van der Waals surface area contributed by atoms with Crippen molar-refractivity contribution in [2.75, 3.05) is 19.8 Å². The molecule has 0 bridgehead atoms. The molecule has 0 aliphatic carbocycles. The van der Waals surface area contributed by atoms with Crippen molar-refractivity contribution in [3.63, 3.8) is 0 Å². The van der Waals surface area contributed by atoms with Crippen molar-refractivity contribution in [1.29, 1.82) is 0 Å². The van der Waals surface area contributed by atoms with Crippen LogP contribution in [0.4, 0.5) is 0 Å². The largest absolute Gasteiger partial charge is 0.377 e. The van der Waals surface area contributed by atoms with Crippen LogP contribution in [0.5, 0.6) is 0 Å². The molecule has 0 amide bonds. The number of hydrogen-bond acceptors (Lipinski definition) is 7. The third-order valence-electron chi connectivity index (χ3n) is 6.46. The Kier molecular flexibility index (Phi) is 6.11. The second-order valence-corrected chi connectivity index (χ2v) is 9.54. The number of thioether (sulfide) groups is 1. The van der Waals surface area contributed by atoms with Gasteiger partial charge in [0.25, 0.3) is 0 Å². The Hall–Kier alpha value is -2.51. The zero-order valence-electron chi connectivity index (χ0n) is 18.3. The molecule has 5 rings (SSSR count). The molecule has 4 heterocycles. The van der Waals surface area contributed by atoms with Gasteiger partial charge in [0.05, 0.1) is 19.3 Å². The maximum atomic E-state index is 13.3. The van der Waals surface area contributed by atoms with Gasteiger partial charge in [0.15, 0.2) is 22.8 Å². The van der Waals surface area contributed by atoms with Crippen molar-refractivity contribution >= 4 is 33.5 Å². The van der Waals surface area contributed by atoms with E-state index in [4.69, 9.17) is 14.7 Å². The lowest BCUT2D eigenvalue weighted by atomic mass is 9.91. The second-order valence-electron chi connectivity index (χ2n) is 8.55. The summed E-state index contributed by atoms with van der Waals surface area (Å²) in [4.78, 5) is 38.0. The summed E-state index contributed by atoms with van der Waals surface area (Å²) in [5, 5.41) is 1.51. The molecule has 1 aromatic carbocycles. The Bertz CT molecular complexity index is 1060. The number of ketones is 2. The number of aryl methyl sites for hydroxylation is 1. The first-order valence-corrected chi connectivity index (χ1v) is 12.1. The number of aliphatic imine (C=N–C) groups is 2. The van der Waals surface area contributed by atoms with E-state index in [0.717, 1.165) is 53.7 Å². The van der Waals surface area contributed by atoms with Crippen molar-refractivity contribution < 1.29 is 14.3 Å². The third-order valence-corrected chi connectivity index (χ3v) is 7.51. The summed E-state index contributed by atoms with van der Waals surface area (Å²) in [6, 6.07) is 9.39. The number of ether oxygens (including phenoxy) is 1. The first kappa shape index (κ1) is 21.3. The standard InChI is InChI=1S/C25H27N3O3S/c1-16-21(18-11-14-31-15-12-18)23(30)22-24(26-16)32-25(27-22)28-13-5-8-19(28)20(29)10-9-17-6-3-2-4-7-17/h2-4,6-7,11,19,22H,5,8-10,12-15H2,1H3/t19-,22?/m1/s1. The molecule has 0 N–H and O–H groups in total. The monoisotopic (exact) mass is 449 g/mol. The van der Waals surface area contributed by atoms with E-state index in [1.165, 1.54) is 17.3 Å². The maximum Gasteiger partial charge on any atom is 0.196 e. The van der Waals surface area contributed by atoms with E-state index in [-0.39, 0.29) is 17.6 Å². The van der Waals surface area contributed by atoms with Crippen LogP contribution < -0.4 is 0 Å². The van der Waals surface area contributed by atoms with E-state index < -0.39 is 6.04 Å². The van der Waals surface area contributed by atoms with Gasteiger partial charge in [-0.25, -0.2) is 9.98 Å². The highest BCUT2D eigenvalue weighted by atomic mass is 32.2. The summed E-state index contributed by atoms with van der Waals surface area (Å²) < 4.78 is 5.40. The van der Waals surface area contributed by atoms with E-state index in [1.54, 1.807) is 0 Å². The van der Waals surface area contributed by atoms with E-state index in [2.05, 4.69) is 17.0 Å². The van der Waals surface area contributed by atoms with E-state index in [1.807, 2.05) is 31.2 Å². The summed E-state index contributed by atoms with van der Waals surface area (Å²) in [6.07, 6.45) is 5.78. The van der Waals surface area contributed by atoms with Crippen LogP contribution in [0.25, 0.3) is 0 Å². The van der Waals surface area contributed by atoms with Crippen LogP contribution in [-0.2, 0) is 20.7 Å². The van der Waals surface area contributed by atoms with Crippen LogP contribution in [0.15, 0.2) is 63.2 Å². The first-order chi connectivity index (χ1) is 15.6. The molecule has 166 valence electrons. The zero-order valence-corrected chi connectivity index (χ0v) is 19.1. The summed E-state index contributed by atoms with van der Waals surface area (Å²) in [5.74, 6) is 0.273. The SMILES string of the molecule is CC1=C(C2=CCOCC2)C(=O)C2N=C(N3CCC[C@@H]3C(=O)CCc3ccccc3)SC2=N1. The third kappa shape index (κ3) is 4.11. The van der Waals surface area contributed by atoms with Crippen LogP contribution in [0.1, 0.15) is 38.2 Å². The molecule has 1 aromatic rings. The fourth-order valence-electron chi connectivity index (χ4n) is 4.82. The van der Waals surface area contributed by atoms with Gasteiger partial charge in [-0.2, -0.15) is 0 Å². The molecule has 4 aliphatic rings. The Morgan fingerprint density at radius 2 is 2.12 bits per heavy atom. The van der Waals surface area contributed by atoms with E-state index in [0.29, 0.717) is 25.2 Å². The highest BCUT2D eigenvalue weighted by Gasteiger charge is 2.42. The van der Waals surface area contributed by atoms with Crippen molar-refractivity contribution in [1.82, 2.24) is 4.90 Å². The number of hydrogen-bond donors (Lipinski definition) is 0. The van der Waals surface area contributed by atoms with Gasteiger partial charge in [0.1, 0.15) is 5.04 Å². The number of rotatable bonds is 5. The van der Waals surface area contributed by atoms with Gasteiger partial charge in [0.2, 0.25) is 0 Å². The molecule has 1 saturated heterocycles. The number of carbonyl (C=O) groups excluding carboxylic acids is 2. The van der Waals surface area contributed by atoms with Gasteiger partial charge < -0.3 is 9.64 Å². The van der Waals surface area contributed by atoms with Crippen molar-refractivity contribution in [3.05, 3.63) is 58.8 Å². The molecule has 0 radical (unpaired) electrons. The topological polar surface area (TPSA) is 71.3 Å². The highest BCUT2D eigenvalue weighted by molar-refractivity contribution is 8.27. The Balaban J connectivity index is 1.30. The predicted octanol–water partition coefficient (Wildman–Crippen LogP) is 3.73. The summed E-state index contributed by atoms with van der Waals surface area (Å²) >= 11 is 1.46. The van der Waals surface area contributed by atoms with Crippen LogP contribution in [0.2, 0.25) is 0 Å². The molecule has 2 atom stereocenters. The van der Waals surface area contributed by atoms with Gasteiger partial charge in [-0.3, -0.25) is 9.59 Å². The van der Waals surface area contributed by atoms with Crippen LogP contribution >= 0.6 is 11.8 Å². The molecule has 32 heavy (non-hydrogen) atoms. The summed E-state index contributed by atoms with van der Waals surface area (Å²) in [6.45, 7) is 3.85. The first-order valence-electron chi connectivity index (χ1n) is 11.3. The lowest BCUT2D eigenvalue weighted by molar-refractivity contribution is -0.122. The van der Waals surface area contributed by atoms with Crippen molar-refractivity contribution in [3.8, 4) is 0 Å². The fourth-order valence-corrected chi connectivity index (χ4v) is 5.95. The minimum atomic E-state index is -0.571. The molecule has 0 aromatic heterocycles. The average Bonchev–Trinajstić information content (AvgIpc) is 3.46. The molecule has 4 aliphatic heterocycles. The number of amidine groups is 1. The Labute approximate surface area is 192 Å². The fraction of sp³-hybridized carbons (Fsp3) is 0.440. The number of likely N-dealkylation sites (tertiary alicyclic amines) is 1. The summed E-state index contributed by atoms with van der Waals surface area (Å²) in [7, 11) is 0. The van der Waals surface area contributed by atoms with Crippen LogP contribution in [0.3, 0.4) is 0 Å². The van der Waals surface area contributed by atoms with Crippen LogP contribution in [0, 0.1) is 0 Å². The van der Waals surface area contributed by atoms with E-state index >= 15 is 0 Å². The normalized spacial score (nSPS) is 25.5. The minimum absolute atomic E-state index is 0.0225. The second kappa shape index (κ2) is 9.16. The smallest absolute Gasteiger partial charge is 0.196 e. The average molecular weight is 450 g/mol. The van der Waals surface area contributed by atoms with Gasteiger partial charge >= 0.3 is 0 Å². The van der Waals surface area contributed by atoms with Crippen LogP contribution in [-0.4, -0.2) is 58.5 Å². The van der Waals surface area contributed by atoms with Gasteiger partial charge in [-0.1, -0.05) is 36.4 Å². The number of benzene rings is 1. The van der Waals surface area contributed by atoms with Gasteiger partial charge in [0, 0.05) is 24.2 Å². The number of nitrogens with zero attached hydrogens (tertiary/aromatic N) is 3. The van der Waals surface area contributed by atoms with Gasteiger partial charge in [-0.15, -0.1) is 0 Å². The Morgan fingerprint density at radius 3 is 2.91 bits per heavy atom. The molecule has 0 spiro atoms. The Morgan fingerprint density at radius 1 is 1.28 bits per heavy atom. The molecular weight excluding hydrogens is 422 g/mol. The number of fused-ring (bicyclic) bond motifs is 1. The molecule has 1 fully saturated rings. The molecule has 1 unspecified atom stereocenters. The minimum Gasteiger partial charge on any atom is -0.377 e. The molecule has 7 heteroatoms. The van der Waals surface area contributed by atoms with Crippen molar-refractivity contribution in [2.45, 2.75) is 51.1 Å². The van der Waals surface area contributed by atoms with E-state index in [9.17, 15) is 9.59 Å². The maximum absolute atomic E-state index is 13.3. The molecule has 6 nitrogen and oxygen atoms in total. The number of carbonyl (C=O) groups is 2. The van der Waals surface area contributed by atoms with Gasteiger partial charge in [-0.05, 0) is 55.5 Å². The lowest BCUT2D eigenvalue weighted by Crippen LogP contribution is -2.39. The van der Waals surface area contributed by atoms with Crippen molar-refractivity contribution in [2.24, 2.45) is 9.98 Å². The number of Topliss-reactive ketones (excluding diaryl/α,β-unsaturated/α-hetero) is 2.